The standard InChI is InChI=1S/C49H57N5O2/c1-35-33-45(43-18-10-9-17-42(43)37(35)3)50-29-13-5-7-15-31-52-48(55)40-25-21-38(22-26-40)39-23-27-41(28-24-39)49(56)53-32-16-8-6-14-30-51-46-34-36(2)54(4)47-20-12-11-19-44(46)47/h9-12,17-28,33-34,50H,5-8,13-16,29-32H2,1-4H3,(H2,52,53,55,56)/p+1. The third kappa shape index (κ3) is 10.3. The first kappa shape index (κ1) is 40.0. The summed E-state index contributed by atoms with van der Waals surface area (Å²) < 4.78 is 2.23. The van der Waals surface area contributed by atoms with Crippen molar-refractivity contribution >= 4 is 44.9 Å². The second-order valence-electron chi connectivity index (χ2n) is 15.0. The van der Waals surface area contributed by atoms with Gasteiger partial charge in [-0.15, -0.1) is 0 Å². The number of rotatable bonds is 19. The minimum Gasteiger partial charge on any atom is -0.385 e. The topological polar surface area (TPSA) is 86.1 Å². The highest BCUT2D eigenvalue weighted by atomic mass is 16.2. The number of anilines is 2. The van der Waals surface area contributed by atoms with Gasteiger partial charge in [-0.05, 0) is 104 Å². The number of fused-ring (bicyclic) bond motifs is 2. The molecule has 0 aliphatic rings. The van der Waals surface area contributed by atoms with E-state index in [1.807, 2.05) is 48.5 Å². The first-order valence-electron chi connectivity index (χ1n) is 20.4. The third-order valence-electron chi connectivity index (χ3n) is 11.0. The predicted octanol–water partition coefficient (Wildman–Crippen LogP) is 10.2. The van der Waals surface area contributed by atoms with Crippen molar-refractivity contribution in [1.29, 1.82) is 0 Å². The van der Waals surface area contributed by atoms with Crippen molar-refractivity contribution < 1.29 is 14.2 Å². The van der Waals surface area contributed by atoms with Crippen molar-refractivity contribution in [2.75, 3.05) is 36.8 Å². The Hall–Kier alpha value is -5.69. The first-order chi connectivity index (χ1) is 27.3. The molecule has 0 saturated carbocycles. The maximum absolute atomic E-state index is 12.8. The van der Waals surface area contributed by atoms with Gasteiger partial charge in [0.05, 0.1) is 11.1 Å². The minimum atomic E-state index is -0.0487. The van der Waals surface area contributed by atoms with Crippen LogP contribution in [0.25, 0.3) is 32.8 Å². The molecule has 0 radical (unpaired) electrons. The fraction of sp³-hybridized carbons (Fsp3) is 0.327. The van der Waals surface area contributed by atoms with E-state index in [9.17, 15) is 9.59 Å². The number of benzene rings is 5. The summed E-state index contributed by atoms with van der Waals surface area (Å²) in [5.74, 6) is -0.0960. The van der Waals surface area contributed by atoms with E-state index in [2.05, 4.69) is 114 Å². The van der Waals surface area contributed by atoms with Gasteiger partial charge < -0.3 is 21.3 Å². The van der Waals surface area contributed by atoms with E-state index >= 15 is 0 Å². The largest absolute Gasteiger partial charge is 0.385 e. The summed E-state index contributed by atoms with van der Waals surface area (Å²) >= 11 is 0. The molecule has 0 atom stereocenters. The monoisotopic (exact) mass is 748 g/mol. The molecule has 2 amide bonds. The van der Waals surface area contributed by atoms with Crippen LogP contribution in [0.3, 0.4) is 0 Å². The van der Waals surface area contributed by atoms with Gasteiger partial charge in [0, 0.05) is 67.4 Å². The Balaban J connectivity index is 0.828. The van der Waals surface area contributed by atoms with Crippen LogP contribution in [0.15, 0.2) is 109 Å². The van der Waals surface area contributed by atoms with Crippen molar-refractivity contribution in [2.45, 2.75) is 72.1 Å². The highest BCUT2D eigenvalue weighted by Crippen LogP contribution is 2.29. The van der Waals surface area contributed by atoms with Gasteiger partial charge in [0.25, 0.3) is 11.8 Å². The second-order valence-corrected chi connectivity index (χ2v) is 15.0. The molecule has 6 aromatic rings. The molecule has 0 aliphatic carbocycles. The van der Waals surface area contributed by atoms with E-state index in [1.165, 1.54) is 49.9 Å². The Morgan fingerprint density at radius 3 is 1.48 bits per heavy atom. The van der Waals surface area contributed by atoms with Crippen LogP contribution in [-0.4, -0.2) is 38.0 Å². The van der Waals surface area contributed by atoms with E-state index in [1.54, 1.807) is 0 Å². The number of carbonyl (C=O) groups excluding carboxylic acids is 2. The van der Waals surface area contributed by atoms with Crippen molar-refractivity contribution in [2.24, 2.45) is 7.05 Å². The Bertz CT molecular complexity index is 2080. The number of nitrogens with one attached hydrogen (secondary N) is 4. The van der Waals surface area contributed by atoms with E-state index in [0.29, 0.717) is 24.2 Å². The molecule has 0 aliphatic heterocycles. The number of amides is 2. The summed E-state index contributed by atoms with van der Waals surface area (Å²) in [6, 6.07) is 36.9. The van der Waals surface area contributed by atoms with Gasteiger partial charge in [-0.25, -0.2) is 0 Å². The van der Waals surface area contributed by atoms with Crippen LogP contribution in [0.2, 0.25) is 0 Å². The average molecular weight is 749 g/mol. The molecular weight excluding hydrogens is 691 g/mol. The Labute approximate surface area is 332 Å². The zero-order valence-corrected chi connectivity index (χ0v) is 33.6. The number of hydrogen-bond donors (Lipinski definition) is 4. The highest BCUT2D eigenvalue weighted by molar-refractivity contribution is 5.97. The quantitative estimate of drug-likeness (QED) is 0.0491. The van der Waals surface area contributed by atoms with Crippen LogP contribution in [0, 0.1) is 20.8 Å². The van der Waals surface area contributed by atoms with Crippen molar-refractivity contribution in [3.05, 3.63) is 137 Å². The van der Waals surface area contributed by atoms with E-state index in [4.69, 9.17) is 0 Å². The molecule has 6 rings (SSSR count). The normalized spacial score (nSPS) is 11.1. The molecule has 0 unspecified atom stereocenters. The molecule has 5 aromatic carbocycles. The molecule has 0 fully saturated rings. The van der Waals surface area contributed by atoms with Gasteiger partial charge in [-0.3, -0.25) is 9.59 Å². The smallest absolute Gasteiger partial charge is 0.251 e. The number of nitrogens with zero attached hydrogens (tertiary/aromatic N) is 1. The zero-order valence-electron chi connectivity index (χ0n) is 33.6. The molecule has 7 heteroatoms. The van der Waals surface area contributed by atoms with Crippen LogP contribution < -0.4 is 25.8 Å². The summed E-state index contributed by atoms with van der Waals surface area (Å²) in [5, 5.41) is 17.3. The molecule has 290 valence electrons. The molecule has 1 aromatic heterocycles. The molecule has 1 heterocycles. The fourth-order valence-corrected chi connectivity index (χ4v) is 7.41. The summed E-state index contributed by atoms with van der Waals surface area (Å²) in [7, 11) is 2.11. The minimum absolute atomic E-state index is 0.0474. The number of hydrogen-bond acceptors (Lipinski definition) is 4. The van der Waals surface area contributed by atoms with Crippen molar-refractivity contribution in [3.63, 3.8) is 0 Å². The van der Waals surface area contributed by atoms with E-state index in [-0.39, 0.29) is 11.8 Å². The highest BCUT2D eigenvalue weighted by Gasteiger charge is 2.13. The van der Waals surface area contributed by atoms with Crippen molar-refractivity contribution in [1.82, 2.24) is 10.6 Å². The summed E-state index contributed by atoms with van der Waals surface area (Å²) in [4.78, 5) is 25.6. The second kappa shape index (κ2) is 19.8. The van der Waals surface area contributed by atoms with Crippen LogP contribution in [0.5, 0.6) is 0 Å². The Kier molecular flexibility index (Phi) is 14.1. The average Bonchev–Trinajstić information content (AvgIpc) is 3.23. The summed E-state index contributed by atoms with van der Waals surface area (Å²) in [5.41, 5.74) is 10.8. The molecule has 0 saturated heterocycles. The maximum atomic E-state index is 12.8. The van der Waals surface area contributed by atoms with Crippen LogP contribution in [0.1, 0.15) is 88.9 Å². The van der Waals surface area contributed by atoms with Gasteiger partial charge in [-0.1, -0.05) is 86.3 Å². The molecule has 0 bridgehead atoms. The molecular formula is C49H58N5O2+. The molecule has 7 nitrogen and oxygen atoms in total. The maximum Gasteiger partial charge on any atom is 0.251 e. The lowest BCUT2D eigenvalue weighted by atomic mass is 9.99. The van der Waals surface area contributed by atoms with Gasteiger partial charge in [-0.2, -0.15) is 4.57 Å². The SMILES string of the molecule is Cc1cc(NCCCCCCNC(=O)c2ccc(-c3ccc(C(=O)NCCCCCCNc4cc(C)[n+](C)c5ccccc45)cc3)cc2)c2ccccc2c1C. The number of pyridine rings is 1. The third-order valence-corrected chi connectivity index (χ3v) is 11.0. The zero-order chi connectivity index (χ0) is 39.3. The number of para-hydroxylation sites is 1. The van der Waals surface area contributed by atoms with E-state index in [0.717, 1.165) is 75.6 Å². The number of aromatic nitrogens is 1. The van der Waals surface area contributed by atoms with Crippen molar-refractivity contribution in [3.8, 4) is 11.1 Å². The summed E-state index contributed by atoms with van der Waals surface area (Å²) in [6.07, 6.45) is 8.47. The van der Waals surface area contributed by atoms with Gasteiger partial charge in [0.15, 0.2) is 5.69 Å². The lowest BCUT2D eigenvalue weighted by Crippen LogP contribution is -2.33. The Morgan fingerprint density at radius 2 is 0.946 bits per heavy atom. The molecule has 56 heavy (non-hydrogen) atoms. The fourth-order valence-electron chi connectivity index (χ4n) is 7.41. The van der Waals surface area contributed by atoms with Crippen LogP contribution in [-0.2, 0) is 7.05 Å². The van der Waals surface area contributed by atoms with E-state index < -0.39 is 0 Å². The van der Waals surface area contributed by atoms with Gasteiger partial charge in [0.1, 0.15) is 7.05 Å². The number of carbonyl (C=O) groups is 2. The first-order valence-corrected chi connectivity index (χ1v) is 20.4. The summed E-state index contributed by atoms with van der Waals surface area (Å²) in [6.45, 7) is 9.71. The van der Waals surface area contributed by atoms with Crippen LogP contribution >= 0.6 is 0 Å². The molecule has 0 spiro atoms. The number of unbranched alkanes of at least 4 members (excludes halogenated alkanes) is 6. The van der Waals surface area contributed by atoms with Gasteiger partial charge in [0.2, 0.25) is 5.52 Å². The lowest BCUT2D eigenvalue weighted by molar-refractivity contribution is -0.651. The number of aryl methyl sites for hydroxylation is 4. The Morgan fingerprint density at radius 1 is 0.500 bits per heavy atom. The molecule has 4 N–H and O–H groups in total. The lowest BCUT2D eigenvalue weighted by Gasteiger charge is -2.14. The predicted molar refractivity (Wildman–Crippen MR) is 234 cm³/mol. The van der Waals surface area contributed by atoms with Gasteiger partial charge >= 0.3 is 0 Å². The van der Waals surface area contributed by atoms with Crippen LogP contribution in [0.4, 0.5) is 11.4 Å².